The lowest BCUT2D eigenvalue weighted by Gasteiger charge is -2.38. The maximum atomic E-state index is 14.0. The van der Waals surface area contributed by atoms with Gasteiger partial charge in [-0.3, -0.25) is 19.4 Å². The number of fused-ring (bicyclic) bond motifs is 1. The van der Waals surface area contributed by atoms with Crippen molar-refractivity contribution in [2.24, 2.45) is 0 Å². The van der Waals surface area contributed by atoms with E-state index in [2.05, 4.69) is 27.0 Å². The van der Waals surface area contributed by atoms with Crippen molar-refractivity contribution in [2.75, 3.05) is 42.9 Å². The van der Waals surface area contributed by atoms with Crippen molar-refractivity contribution in [3.8, 4) is 0 Å². The number of para-hydroxylation sites is 1. The van der Waals surface area contributed by atoms with Gasteiger partial charge in [0.05, 0.1) is 11.1 Å². The van der Waals surface area contributed by atoms with Crippen molar-refractivity contribution in [3.05, 3.63) is 93.4 Å². The largest absolute Gasteiger partial charge is 0.416 e. The van der Waals surface area contributed by atoms with E-state index in [1.165, 1.54) is 23.2 Å². The summed E-state index contributed by atoms with van der Waals surface area (Å²) in [5, 5.41) is 3.27. The number of alkyl halides is 3. The third-order valence-electron chi connectivity index (χ3n) is 6.95. The standard InChI is InChI=1S/C27H28F3N5O2/c1-2-33-9-11-34(12-10-33)17-18-13-20(27(28,29)30)15-21(14-18)35-25(19-7-8-24(36)31-16-19)32-23-6-4-3-5-22(23)26(35)37/h3-8,13-16,25,32H,2,9-12,17H2,1H3,(H,31,36). The van der Waals surface area contributed by atoms with E-state index < -0.39 is 23.8 Å². The molecule has 194 valence electrons. The van der Waals surface area contributed by atoms with Crippen LogP contribution >= 0.6 is 0 Å². The molecule has 7 nitrogen and oxygen atoms in total. The number of rotatable bonds is 5. The first-order valence-electron chi connectivity index (χ1n) is 12.3. The second kappa shape index (κ2) is 10.0. The van der Waals surface area contributed by atoms with Gasteiger partial charge in [0.15, 0.2) is 0 Å². The Kier molecular flexibility index (Phi) is 6.78. The van der Waals surface area contributed by atoms with Crippen molar-refractivity contribution in [2.45, 2.75) is 25.8 Å². The maximum absolute atomic E-state index is 14.0. The third-order valence-corrected chi connectivity index (χ3v) is 6.95. The van der Waals surface area contributed by atoms with Crippen molar-refractivity contribution in [1.82, 2.24) is 14.8 Å². The van der Waals surface area contributed by atoms with Crippen LogP contribution in [0.25, 0.3) is 0 Å². The number of amides is 1. The SMILES string of the molecule is CCN1CCN(Cc2cc(N3C(=O)c4ccccc4NC3c3ccc(=O)[nH]c3)cc(C(F)(F)F)c2)CC1. The number of aromatic amines is 1. The number of nitrogens with zero attached hydrogens (tertiary/aromatic N) is 3. The van der Waals surface area contributed by atoms with E-state index in [1.54, 1.807) is 36.4 Å². The highest BCUT2D eigenvalue weighted by Crippen LogP contribution is 2.39. The highest BCUT2D eigenvalue weighted by atomic mass is 19.4. The first-order valence-corrected chi connectivity index (χ1v) is 12.3. The number of carbonyl (C=O) groups is 1. The second-order valence-electron chi connectivity index (χ2n) is 9.35. The van der Waals surface area contributed by atoms with Crippen LogP contribution < -0.4 is 15.8 Å². The predicted octanol–water partition coefficient (Wildman–Crippen LogP) is 4.30. The number of aromatic nitrogens is 1. The van der Waals surface area contributed by atoms with Gasteiger partial charge in [0.25, 0.3) is 5.91 Å². The summed E-state index contributed by atoms with van der Waals surface area (Å²) in [5.74, 6) is -0.424. The first kappa shape index (κ1) is 25.0. The van der Waals surface area contributed by atoms with E-state index in [1.807, 2.05) is 0 Å². The lowest BCUT2D eigenvalue weighted by molar-refractivity contribution is -0.137. The van der Waals surface area contributed by atoms with Gasteiger partial charge in [-0.2, -0.15) is 13.2 Å². The fourth-order valence-electron chi connectivity index (χ4n) is 4.94. The van der Waals surface area contributed by atoms with E-state index in [0.29, 0.717) is 28.9 Å². The number of anilines is 2. The number of nitrogens with one attached hydrogen (secondary N) is 2. The Hall–Kier alpha value is -3.63. The number of hydrogen-bond acceptors (Lipinski definition) is 5. The predicted molar refractivity (Wildman–Crippen MR) is 136 cm³/mol. The molecule has 2 aromatic carbocycles. The molecule has 0 spiro atoms. The van der Waals surface area contributed by atoms with Gasteiger partial charge in [-0.25, -0.2) is 0 Å². The number of likely N-dealkylation sites (N-methyl/N-ethyl adjacent to an activating group) is 1. The highest BCUT2D eigenvalue weighted by Gasteiger charge is 2.37. The van der Waals surface area contributed by atoms with Crippen molar-refractivity contribution >= 4 is 17.3 Å². The van der Waals surface area contributed by atoms with Gasteiger partial charge >= 0.3 is 6.18 Å². The van der Waals surface area contributed by atoms with Crippen molar-refractivity contribution in [1.29, 1.82) is 0 Å². The number of pyridine rings is 1. The molecule has 1 fully saturated rings. The summed E-state index contributed by atoms with van der Waals surface area (Å²) in [6.45, 7) is 6.64. The van der Waals surface area contributed by atoms with Gasteiger partial charge < -0.3 is 15.2 Å². The van der Waals surface area contributed by atoms with E-state index in [4.69, 9.17) is 0 Å². The Bertz CT molecular complexity index is 1330. The number of halogens is 3. The van der Waals surface area contributed by atoms with E-state index in [-0.39, 0.29) is 11.2 Å². The summed E-state index contributed by atoms with van der Waals surface area (Å²) in [7, 11) is 0. The minimum absolute atomic E-state index is 0.139. The maximum Gasteiger partial charge on any atom is 0.416 e. The van der Waals surface area contributed by atoms with Gasteiger partial charge in [-0.1, -0.05) is 19.1 Å². The van der Waals surface area contributed by atoms with Crippen LogP contribution in [0.1, 0.15) is 40.1 Å². The molecular weight excluding hydrogens is 483 g/mol. The molecule has 2 N–H and O–H groups in total. The molecule has 2 aliphatic rings. The van der Waals surface area contributed by atoms with E-state index in [0.717, 1.165) is 38.8 Å². The minimum Gasteiger partial charge on any atom is -0.360 e. The summed E-state index contributed by atoms with van der Waals surface area (Å²) in [6, 6.07) is 13.6. The Morgan fingerprint density at radius 3 is 2.35 bits per heavy atom. The van der Waals surface area contributed by atoms with Crippen LogP contribution in [-0.2, 0) is 12.7 Å². The van der Waals surface area contributed by atoms with E-state index >= 15 is 0 Å². The quantitative estimate of drug-likeness (QED) is 0.535. The summed E-state index contributed by atoms with van der Waals surface area (Å²) in [5.41, 5.74) is 0.971. The third kappa shape index (κ3) is 5.26. The number of benzene rings is 2. The minimum atomic E-state index is -4.58. The fraction of sp³-hybridized carbons (Fsp3) is 0.333. The van der Waals surface area contributed by atoms with Crippen molar-refractivity contribution in [3.63, 3.8) is 0 Å². The fourth-order valence-corrected chi connectivity index (χ4v) is 4.94. The number of hydrogen-bond donors (Lipinski definition) is 2. The first-order chi connectivity index (χ1) is 17.7. The van der Waals surface area contributed by atoms with Gasteiger partial charge in [0, 0.05) is 61.9 Å². The van der Waals surface area contributed by atoms with Crippen LogP contribution in [0.15, 0.2) is 65.6 Å². The zero-order chi connectivity index (χ0) is 26.2. The second-order valence-corrected chi connectivity index (χ2v) is 9.35. The monoisotopic (exact) mass is 511 g/mol. The summed E-state index contributed by atoms with van der Waals surface area (Å²) in [4.78, 5) is 33.7. The highest BCUT2D eigenvalue weighted by molar-refractivity contribution is 6.12. The molecule has 1 amide bonds. The Morgan fingerprint density at radius 2 is 1.68 bits per heavy atom. The van der Waals surface area contributed by atoms with Crippen LogP contribution in [0.4, 0.5) is 24.5 Å². The Labute approximate surface area is 212 Å². The average Bonchev–Trinajstić information content (AvgIpc) is 2.89. The number of piperazine rings is 1. The lowest BCUT2D eigenvalue weighted by Crippen LogP contribution is -2.45. The molecule has 2 aliphatic heterocycles. The molecule has 0 radical (unpaired) electrons. The smallest absolute Gasteiger partial charge is 0.360 e. The number of carbonyl (C=O) groups excluding carboxylic acids is 1. The van der Waals surface area contributed by atoms with Crippen LogP contribution in [0.5, 0.6) is 0 Å². The Balaban J connectivity index is 1.57. The lowest BCUT2D eigenvalue weighted by atomic mass is 10.0. The van der Waals surface area contributed by atoms with Gasteiger partial charge in [0.2, 0.25) is 5.56 Å². The molecular formula is C27H28F3N5O2. The summed E-state index contributed by atoms with van der Waals surface area (Å²) >= 11 is 0. The zero-order valence-corrected chi connectivity index (χ0v) is 20.4. The number of H-pyrrole nitrogens is 1. The molecule has 3 aromatic rings. The summed E-state index contributed by atoms with van der Waals surface area (Å²) < 4.78 is 42.0. The van der Waals surface area contributed by atoms with Crippen molar-refractivity contribution < 1.29 is 18.0 Å². The van der Waals surface area contributed by atoms with Crippen LogP contribution in [0, 0.1) is 0 Å². The Morgan fingerprint density at radius 1 is 0.946 bits per heavy atom. The molecule has 0 aliphatic carbocycles. The molecule has 3 heterocycles. The molecule has 0 saturated carbocycles. The molecule has 1 saturated heterocycles. The molecule has 1 unspecified atom stereocenters. The molecule has 1 atom stereocenters. The molecule has 5 rings (SSSR count). The van der Waals surface area contributed by atoms with Crippen LogP contribution in [0.3, 0.4) is 0 Å². The summed E-state index contributed by atoms with van der Waals surface area (Å²) in [6.07, 6.45) is -3.93. The molecule has 1 aromatic heterocycles. The topological polar surface area (TPSA) is 71.7 Å². The molecule has 10 heteroatoms. The van der Waals surface area contributed by atoms with Gasteiger partial charge in [-0.15, -0.1) is 0 Å². The van der Waals surface area contributed by atoms with Gasteiger partial charge in [0.1, 0.15) is 6.17 Å². The van der Waals surface area contributed by atoms with Gasteiger partial charge in [-0.05, 0) is 48.5 Å². The molecule has 37 heavy (non-hydrogen) atoms. The van der Waals surface area contributed by atoms with Crippen LogP contribution in [0.2, 0.25) is 0 Å². The van der Waals surface area contributed by atoms with E-state index in [9.17, 15) is 22.8 Å². The average molecular weight is 512 g/mol. The van der Waals surface area contributed by atoms with Crippen LogP contribution in [-0.4, -0.2) is 53.4 Å². The zero-order valence-electron chi connectivity index (χ0n) is 20.4. The normalized spacial score (nSPS) is 19.0. The molecule has 0 bridgehead atoms.